The third-order valence-electron chi connectivity index (χ3n) is 14.1. The van der Waals surface area contributed by atoms with E-state index < -0.39 is 7.12 Å². The van der Waals surface area contributed by atoms with Crippen molar-refractivity contribution in [2.75, 3.05) is 26.2 Å². The molecule has 3 aliphatic heterocycles. The normalized spacial score (nSPS) is 24.8. The Labute approximate surface area is 346 Å². The Kier molecular flexibility index (Phi) is 10.5. The molecule has 4 aromatic carbocycles. The topological polar surface area (TPSA) is 136 Å². The lowest BCUT2D eigenvalue weighted by atomic mass is 9.65. The Morgan fingerprint density at radius 1 is 0.695 bits per heavy atom. The number of aromatic amines is 1. The monoisotopic (exact) mass is 791 g/mol. The first-order valence-corrected chi connectivity index (χ1v) is 21.8. The van der Waals surface area contributed by atoms with Gasteiger partial charge in [-0.05, 0) is 126 Å². The summed E-state index contributed by atoms with van der Waals surface area (Å²) in [4.78, 5) is 34.9. The average molecular weight is 792 g/mol. The number of piperidine rings is 2. The number of hydrogen-bond acceptors (Lipinski definition) is 7. The Hall–Kier alpha value is -4.94. The first-order valence-electron chi connectivity index (χ1n) is 21.8. The first-order chi connectivity index (χ1) is 28.9. The van der Waals surface area contributed by atoms with Gasteiger partial charge in [-0.1, -0.05) is 66.7 Å². The van der Waals surface area contributed by atoms with E-state index in [1.807, 2.05) is 52.3 Å². The molecule has 6 fully saturated rings. The van der Waals surface area contributed by atoms with Crippen LogP contribution in [0.4, 0.5) is 0 Å². The van der Waals surface area contributed by atoms with E-state index in [1.165, 1.54) is 11.1 Å². The quantitative estimate of drug-likeness (QED) is 0.146. The number of rotatable bonds is 9. The van der Waals surface area contributed by atoms with Crippen molar-refractivity contribution in [1.29, 1.82) is 0 Å². The minimum absolute atomic E-state index is 0.00522. The van der Waals surface area contributed by atoms with Crippen LogP contribution in [0.15, 0.2) is 97.1 Å². The summed E-state index contributed by atoms with van der Waals surface area (Å²) in [6.45, 7) is 3.97. The zero-order chi connectivity index (χ0) is 40.0. The number of nitrogens with one attached hydrogen (secondary N) is 1. The van der Waals surface area contributed by atoms with Gasteiger partial charge in [0.2, 0.25) is 0 Å². The molecule has 304 valence electrons. The van der Waals surface area contributed by atoms with Gasteiger partial charge in [0.05, 0.1) is 12.2 Å². The van der Waals surface area contributed by atoms with Crippen molar-refractivity contribution in [2.45, 2.75) is 88.2 Å². The molecule has 4 heterocycles. The van der Waals surface area contributed by atoms with Gasteiger partial charge >= 0.3 is 7.12 Å². The molecule has 0 radical (unpaired) electrons. The lowest BCUT2D eigenvalue weighted by molar-refractivity contribution is -0.0909. The van der Waals surface area contributed by atoms with Crippen LogP contribution in [0.1, 0.15) is 99.9 Å². The van der Waals surface area contributed by atoms with Crippen LogP contribution in [0.3, 0.4) is 0 Å². The molecule has 5 N–H and O–H groups in total. The van der Waals surface area contributed by atoms with Gasteiger partial charge in [0.15, 0.2) is 0 Å². The third kappa shape index (κ3) is 7.47. The highest BCUT2D eigenvalue weighted by atomic mass is 16.7. The van der Waals surface area contributed by atoms with Crippen LogP contribution in [0.25, 0.3) is 10.9 Å². The number of nitrogens with two attached hydrogens (primary N) is 2. The molecule has 10 nitrogen and oxygen atoms in total. The van der Waals surface area contributed by atoms with E-state index in [-0.39, 0.29) is 36.0 Å². The zero-order valence-electron chi connectivity index (χ0n) is 33.6. The van der Waals surface area contributed by atoms with Gasteiger partial charge in [0, 0.05) is 56.3 Å². The molecule has 5 atom stereocenters. The smallest absolute Gasteiger partial charge is 0.490 e. The average Bonchev–Trinajstić information content (AvgIpc) is 3.96. The van der Waals surface area contributed by atoms with Crippen LogP contribution >= 0.6 is 0 Å². The van der Waals surface area contributed by atoms with Crippen LogP contribution < -0.4 is 21.7 Å². The number of likely N-dealkylation sites (tertiary alicyclic amines) is 2. The third-order valence-corrected chi connectivity index (χ3v) is 14.1. The van der Waals surface area contributed by atoms with Crippen molar-refractivity contribution < 1.29 is 23.6 Å². The molecule has 2 bridgehead atoms. The maximum Gasteiger partial charge on any atom is 0.495 e. The summed E-state index contributed by atoms with van der Waals surface area (Å²) in [5.41, 5.74) is 19.8. The Morgan fingerprint density at radius 2 is 1.32 bits per heavy atom. The van der Waals surface area contributed by atoms with Crippen molar-refractivity contribution in [2.24, 2.45) is 23.3 Å². The summed E-state index contributed by atoms with van der Waals surface area (Å²) in [6, 6.07) is 32.9. The van der Waals surface area contributed by atoms with Crippen LogP contribution in [-0.2, 0) is 22.4 Å². The largest absolute Gasteiger partial charge is 0.495 e. The number of carbonyl (C=O) groups excluding carboxylic acids is 2. The predicted octanol–water partition coefficient (Wildman–Crippen LogP) is 6.48. The van der Waals surface area contributed by atoms with E-state index in [1.54, 1.807) is 0 Å². The molecule has 6 aliphatic rings. The summed E-state index contributed by atoms with van der Waals surface area (Å²) in [6.07, 6.45) is 6.60. The fourth-order valence-electron chi connectivity index (χ4n) is 10.8. The molecule has 3 aliphatic carbocycles. The van der Waals surface area contributed by atoms with Crippen LogP contribution in [0.5, 0.6) is 5.75 Å². The number of nitrogens with zero attached hydrogens (tertiary/aromatic N) is 2. The fourth-order valence-corrected chi connectivity index (χ4v) is 10.8. The fraction of sp³-hybridized carbons (Fsp3) is 0.417. The zero-order valence-corrected chi connectivity index (χ0v) is 33.6. The summed E-state index contributed by atoms with van der Waals surface area (Å²) in [5, 5.41) is 0.958. The van der Waals surface area contributed by atoms with Gasteiger partial charge in [0.25, 0.3) is 11.8 Å². The van der Waals surface area contributed by atoms with Gasteiger partial charge in [-0.2, -0.15) is 0 Å². The second kappa shape index (κ2) is 16.3. The van der Waals surface area contributed by atoms with Gasteiger partial charge < -0.3 is 40.3 Å². The van der Waals surface area contributed by atoms with Crippen molar-refractivity contribution in [3.63, 3.8) is 0 Å². The number of H-pyrrole nitrogens is 1. The lowest BCUT2D eigenvalue weighted by Gasteiger charge is -2.48. The molecule has 11 heteroatoms. The van der Waals surface area contributed by atoms with Crippen LogP contribution in [-0.4, -0.2) is 78.2 Å². The Morgan fingerprint density at radius 3 is 2.00 bits per heavy atom. The van der Waals surface area contributed by atoms with Crippen LogP contribution in [0, 0.1) is 11.8 Å². The van der Waals surface area contributed by atoms with Gasteiger partial charge in [0.1, 0.15) is 17.5 Å². The number of carbonyl (C=O) groups is 2. The maximum atomic E-state index is 13.8. The number of ether oxygens (including phenoxy) is 1. The molecule has 3 saturated heterocycles. The maximum absolute atomic E-state index is 13.8. The number of amides is 2. The van der Waals surface area contributed by atoms with Crippen LogP contribution in [0.2, 0.25) is 0 Å². The minimum atomic E-state index is -0.524. The summed E-state index contributed by atoms with van der Waals surface area (Å²) < 4.78 is 20.3. The van der Waals surface area contributed by atoms with Gasteiger partial charge in [-0.25, -0.2) is 0 Å². The molecule has 59 heavy (non-hydrogen) atoms. The first kappa shape index (κ1) is 38.3. The van der Waals surface area contributed by atoms with Crippen molar-refractivity contribution in [1.82, 2.24) is 14.8 Å². The number of hydrogen-bond donors (Lipinski definition) is 3. The molecule has 0 unspecified atom stereocenters. The van der Waals surface area contributed by atoms with E-state index in [0.29, 0.717) is 55.2 Å². The molecule has 11 rings (SSSR count). The van der Waals surface area contributed by atoms with Crippen molar-refractivity contribution in [3.05, 3.63) is 131 Å². The van der Waals surface area contributed by atoms with Crippen molar-refractivity contribution >= 4 is 35.3 Å². The Bertz CT molecular complexity index is 2330. The summed E-state index contributed by atoms with van der Waals surface area (Å²) in [7, 11) is -0.524. The molecule has 2 amide bonds. The highest BCUT2D eigenvalue weighted by Crippen LogP contribution is 2.49. The Balaban J connectivity index is 0.777. The SMILES string of the molecule is NCc1cccc(C2CCN(C(=O)c3cccc(O[C@H]4C[C@H]5CC[C@@H]4[C@@H]4OB(c6cccc7[nH]c(C(=O)N8CCC(c9cccc(CN)c9)CC8)cc67)O[C@H]54)c3)CC2)c1. The molecule has 3 saturated carbocycles. The second-order valence-corrected chi connectivity index (χ2v) is 17.5. The number of aromatic nitrogens is 1. The molecular weight excluding hydrogens is 737 g/mol. The molecule has 1 aromatic heterocycles. The van der Waals surface area contributed by atoms with E-state index in [0.717, 1.165) is 91.3 Å². The van der Waals surface area contributed by atoms with Gasteiger partial charge in [-0.3, -0.25) is 9.59 Å². The van der Waals surface area contributed by atoms with E-state index in [4.69, 9.17) is 25.5 Å². The summed E-state index contributed by atoms with van der Waals surface area (Å²) >= 11 is 0. The number of benzene rings is 4. The number of fused-ring (bicyclic) bond motifs is 3. The standard InChI is InChI=1S/C48H54BN5O5/c50-28-30-5-1-7-34(23-30)32-15-19-53(20-16-32)47(55)37-9-3-10-38(25-37)57-44-26-36-13-14-39(44)46-45(36)58-49(59-46)41-11-4-12-42-40(41)27-43(52-42)48(56)54-21-17-33(18-22-54)35-8-2-6-31(24-35)29-51/h1-12,23-25,27,32-33,36,39,44-46,52H,13-22,26,28-29,50-51H2/t36-,39+,44+,45-,46+/m1/s1. The lowest BCUT2D eigenvalue weighted by Crippen LogP contribution is -2.54. The van der Waals surface area contributed by atoms with E-state index in [9.17, 15) is 9.59 Å². The second-order valence-electron chi connectivity index (χ2n) is 17.5. The molecule has 5 aromatic rings. The van der Waals surface area contributed by atoms with E-state index in [2.05, 4.69) is 59.6 Å². The summed E-state index contributed by atoms with van der Waals surface area (Å²) in [5.74, 6) is 2.18. The molecular formula is C48H54BN5O5. The molecule has 0 spiro atoms. The predicted molar refractivity (Wildman–Crippen MR) is 230 cm³/mol. The van der Waals surface area contributed by atoms with E-state index >= 15 is 0 Å². The minimum Gasteiger partial charge on any atom is -0.490 e. The van der Waals surface area contributed by atoms with Crippen molar-refractivity contribution in [3.8, 4) is 5.75 Å². The highest BCUT2D eigenvalue weighted by Gasteiger charge is 2.57. The van der Waals surface area contributed by atoms with Gasteiger partial charge in [-0.15, -0.1) is 0 Å². The highest BCUT2D eigenvalue weighted by molar-refractivity contribution is 6.65.